The van der Waals surface area contributed by atoms with E-state index in [0.29, 0.717) is 0 Å². The summed E-state index contributed by atoms with van der Waals surface area (Å²) in [5.74, 6) is 0.800. The number of H-pyrrole nitrogens is 1. The molecule has 3 aromatic rings. The number of amides is 1. The van der Waals surface area contributed by atoms with Crippen LogP contribution in [0.3, 0.4) is 0 Å². The Kier molecular flexibility index (Phi) is 4.69. The molecule has 1 aliphatic rings. The highest BCUT2D eigenvalue weighted by Crippen LogP contribution is 2.24. The normalized spacial score (nSPS) is 19.7. The second kappa shape index (κ2) is 7.27. The minimum Gasteiger partial charge on any atom is -0.351 e. The summed E-state index contributed by atoms with van der Waals surface area (Å²) in [5, 5.41) is 6.35. The minimum atomic E-state index is -0.118. The standard InChI is InChI=1S/C20H23N5O/c21-11-19(26)23-15-10-18(22-12-15)20-24-16-7-6-14(9-17(16)25-20)8-13-4-2-1-3-5-13/h1-7,9,15,18,22H,8,10-12,21H2,(H,23,26)(H,24,25). The van der Waals surface area contributed by atoms with E-state index in [9.17, 15) is 4.79 Å². The molecule has 0 bridgehead atoms. The average molecular weight is 349 g/mol. The first-order valence-corrected chi connectivity index (χ1v) is 8.96. The molecule has 2 heterocycles. The Morgan fingerprint density at radius 2 is 2.04 bits per heavy atom. The Bertz CT molecular complexity index is 905. The van der Waals surface area contributed by atoms with Gasteiger partial charge in [-0.15, -0.1) is 0 Å². The van der Waals surface area contributed by atoms with E-state index in [1.165, 1.54) is 11.1 Å². The highest BCUT2D eigenvalue weighted by atomic mass is 16.1. The fourth-order valence-corrected chi connectivity index (χ4v) is 3.52. The van der Waals surface area contributed by atoms with Crippen molar-refractivity contribution in [3.8, 4) is 0 Å². The van der Waals surface area contributed by atoms with Crippen molar-refractivity contribution in [3.05, 3.63) is 65.5 Å². The van der Waals surface area contributed by atoms with Crippen LogP contribution in [0, 0.1) is 0 Å². The van der Waals surface area contributed by atoms with E-state index in [-0.39, 0.29) is 24.5 Å². The lowest BCUT2D eigenvalue weighted by Gasteiger charge is -2.10. The third-order valence-electron chi connectivity index (χ3n) is 4.83. The minimum absolute atomic E-state index is 0.0238. The summed E-state index contributed by atoms with van der Waals surface area (Å²) in [6.45, 7) is 0.753. The smallest absolute Gasteiger partial charge is 0.233 e. The van der Waals surface area contributed by atoms with Crippen molar-refractivity contribution in [2.45, 2.75) is 24.9 Å². The molecule has 2 aromatic carbocycles. The van der Waals surface area contributed by atoms with Gasteiger partial charge in [-0.3, -0.25) is 4.79 Å². The van der Waals surface area contributed by atoms with Crippen molar-refractivity contribution in [1.82, 2.24) is 20.6 Å². The number of hydrogen-bond donors (Lipinski definition) is 4. The lowest BCUT2D eigenvalue weighted by Crippen LogP contribution is -2.39. The number of carbonyl (C=O) groups excluding carboxylic acids is 1. The van der Waals surface area contributed by atoms with Gasteiger partial charge in [-0.05, 0) is 36.1 Å². The molecule has 5 N–H and O–H groups in total. The first kappa shape index (κ1) is 16.8. The maximum atomic E-state index is 11.5. The molecule has 26 heavy (non-hydrogen) atoms. The number of fused-ring (bicyclic) bond motifs is 1. The molecule has 1 aromatic heterocycles. The van der Waals surface area contributed by atoms with E-state index in [2.05, 4.69) is 58.1 Å². The lowest BCUT2D eigenvalue weighted by atomic mass is 10.0. The second-order valence-corrected chi connectivity index (χ2v) is 6.80. The number of nitrogens with one attached hydrogen (secondary N) is 3. The highest BCUT2D eigenvalue weighted by Gasteiger charge is 2.28. The monoisotopic (exact) mass is 349 g/mol. The third-order valence-corrected chi connectivity index (χ3v) is 4.83. The Morgan fingerprint density at radius 3 is 2.85 bits per heavy atom. The van der Waals surface area contributed by atoms with Crippen molar-refractivity contribution in [2.24, 2.45) is 5.73 Å². The van der Waals surface area contributed by atoms with Gasteiger partial charge in [0.1, 0.15) is 5.82 Å². The van der Waals surface area contributed by atoms with Crippen molar-refractivity contribution in [1.29, 1.82) is 0 Å². The summed E-state index contributed by atoms with van der Waals surface area (Å²) in [5.41, 5.74) is 9.93. The van der Waals surface area contributed by atoms with Crippen LogP contribution >= 0.6 is 0 Å². The first-order valence-electron chi connectivity index (χ1n) is 8.96. The summed E-state index contributed by atoms with van der Waals surface area (Å²) in [7, 11) is 0. The lowest BCUT2D eigenvalue weighted by molar-refractivity contribution is -0.120. The van der Waals surface area contributed by atoms with E-state index in [4.69, 9.17) is 10.7 Å². The van der Waals surface area contributed by atoms with Crippen molar-refractivity contribution in [2.75, 3.05) is 13.1 Å². The van der Waals surface area contributed by atoms with Gasteiger partial charge < -0.3 is 21.4 Å². The topological polar surface area (TPSA) is 95.8 Å². The van der Waals surface area contributed by atoms with Gasteiger partial charge >= 0.3 is 0 Å². The molecule has 1 saturated heterocycles. The predicted molar refractivity (Wildman–Crippen MR) is 102 cm³/mol. The molecule has 0 radical (unpaired) electrons. The van der Waals surface area contributed by atoms with Crippen LogP contribution in [0.2, 0.25) is 0 Å². The van der Waals surface area contributed by atoms with Gasteiger partial charge in [0.2, 0.25) is 5.91 Å². The van der Waals surface area contributed by atoms with Crippen LogP contribution < -0.4 is 16.4 Å². The van der Waals surface area contributed by atoms with Crippen molar-refractivity contribution in [3.63, 3.8) is 0 Å². The maximum absolute atomic E-state index is 11.5. The SMILES string of the molecule is NCC(=O)NC1CNC(c2nc3ccc(Cc4ccccc4)cc3[nH]2)C1. The molecule has 1 amide bonds. The van der Waals surface area contributed by atoms with E-state index >= 15 is 0 Å². The molecular formula is C20H23N5O. The zero-order valence-electron chi connectivity index (χ0n) is 14.5. The van der Waals surface area contributed by atoms with E-state index in [1.54, 1.807) is 0 Å². The molecule has 4 rings (SSSR count). The molecule has 1 aliphatic heterocycles. The summed E-state index contributed by atoms with van der Waals surface area (Å²) in [6, 6.07) is 17.0. The number of aromatic nitrogens is 2. The van der Waals surface area contributed by atoms with Gasteiger partial charge in [0.05, 0.1) is 23.6 Å². The van der Waals surface area contributed by atoms with Crippen LogP contribution in [0.1, 0.15) is 29.4 Å². The largest absolute Gasteiger partial charge is 0.351 e. The maximum Gasteiger partial charge on any atom is 0.233 e. The Morgan fingerprint density at radius 1 is 1.19 bits per heavy atom. The van der Waals surface area contributed by atoms with Crippen molar-refractivity contribution >= 4 is 16.9 Å². The van der Waals surface area contributed by atoms with Crippen LogP contribution in [0.15, 0.2) is 48.5 Å². The Hall–Kier alpha value is -2.70. The van der Waals surface area contributed by atoms with Gasteiger partial charge in [-0.25, -0.2) is 4.98 Å². The molecule has 2 atom stereocenters. The van der Waals surface area contributed by atoms with Gasteiger partial charge in [0.15, 0.2) is 0 Å². The molecule has 2 unspecified atom stereocenters. The van der Waals surface area contributed by atoms with Gasteiger partial charge in [0, 0.05) is 12.6 Å². The Balaban J connectivity index is 1.48. The van der Waals surface area contributed by atoms with Gasteiger partial charge in [-0.1, -0.05) is 36.4 Å². The van der Waals surface area contributed by atoms with Gasteiger partial charge in [0.25, 0.3) is 0 Å². The van der Waals surface area contributed by atoms with Gasteiger partial charge in [-0.2, -0.15) is 0 Å². The summed E-state index contributed by atoms with van der Waals surface area (Å²) in [4.78, 5) is 19.6. The summed E-state index contributed by atoms with van der Waals surface area (Å²) in [6.07, 6.45) is 1.71. The molecule has 0 saturated carbocycles. The fourth-order valence-electron chi connectivity index (χ4n) is 3.52. The van der Waals surface area contributed by atoms with Crippen LogP contribution in [0.4, 0.5) is 0 Å². The second-order valence-electron chi connectivity index (χ2n) is 6.80. The highest BCUT2D eigenvalue weighted by molar-refractivity contribution is 5.78. The van der Waals surface area contributed by atoms with Crippen LogP contribution in [-0.2, 0) is 11.2 Å². The van der Waals surface area contributed by atoms with E-state index < -0.39 is 0 Å². The molecule has 1 fully saturated rings. The van der Waals surface area contributed by atoms with Crippen LogP contribution in [0.5, 0.6) is 0 Å². The Labute approximate surface area is 152 Å². The predicted octanol–water partition coefficient (Wildman–Crippen LogP) is 1.63. The van der Waals surface area contributed by atoms with E-state index in [0.717, 1.165) is 36.2 Å². The molecule has 6 heteroatoms. The first-order chi connectivity index (χ1) is 12.7. The summed E-state index contributed by atoms with van der Waals surface area (Å²) < 4.78 is 0. The quantitative estimate of drug-likeness (QED) is 0.563. The molecule has 0 spiro atoms. The number of aromatic amines is 1. The average Bonchev–Trinajstić information content (AvgIpc) is 3.28. The summed E-state index contributed by atoms with van der Waals surface area (Å²) >= 11 is 0. The number of nitrogens with zero attached hydrogens (tertiary/aromatic N) is 1. The zero-order valence-corrected chi connectivity index (χ0v) is 14.5. The molecule has 0 aliphatic carbocycles. The van der Waals surface area contributed by atoms with Crippen LogP contribution in [0.25, 0.3) is 11.0 Å². The third kappa shape index (κ3) is 3.61. The number of carbonyl (C=O) groups is 1. The number of rotatable bonds is 5. The molecule has 134 valence electrons. The van der Waals surface area contributed by atoms with Crippen molar-refractivity contribution < 1.29 is 4.79 Å². The fraction of sp³-hybridized carbons (Fsp3) is 0.300. The number of imidazole rings is 1. The molecule has 6 nitrogen and oxygen atoms in total. The van der Waals surface area contributed by atoms with Crippen LogP contribution in [-0.4, -0.2) is 35.0 Å². The number of hydrogen-bond acceptors (Lipinski definition) is 4. The molecular weight excluding hydrogens is 326 g/mol. The zero-order chi connectivity index (χ0) is 17.9. The number of benzene rings is 2. The van der Waals surface area contributed by atoms with E-state index in [1.807, 2.05) is 6.07 Å². The number of nitrogens with two attached hydrogens (primary N) is 1.